The van der Waals surface area contributed by atoms with Gasteiger partial charge in [0, 0.05) is 30.7 Å². The van der Waals surface area contributed by atoms with Crippen molar-refractivity contribution in [3.63, 3.8) is 0 Å². The van der Waals surface area contributed by atoms with E-state index in [1.807, 2.05) is 6.07 Å². The Hall–Kier alpha value is -1.13. The molecule has 2 aliphatic heterocycles. The molecule has 2 heterocycles. The number of hydrogen-bond acceptors (Lipinski definition) is 3. The molecule has 1 aromatic rings. The van der Waals surface area contributed by atoms with E-state index in [9.17, 15) is 4.39 Å². The molecule has 104 valence electrons. The molecule has 0 aromatic heterocycles. The summed E-state index contributed by atoms with van der Waals surface area (Å²) in [5, 5.41) is 3.48. The van der Waals surface area contributed by atoms with Crippen LogP contribution in [0.25, 0.3) is 0 Å². The van der Waals surface area contributed by atoms with Gasteiger partial charge in [-0.25, -0.2) is 4.39 Å². The Bertz CT molecular complexity index is 432. The molecule has 3 nitrogen and oxygen atoms in total. The van der Waals surface area contributed by atoms with E-state index in [-0.39, 0.29) is 11.2 Å². The SMILES string of the molecule is Fc1cccc(N2CCOC[C@]3(CCCNC3)C2)c1. The summed E-state index contributed by atoms with van der Waals surface area (Å²) in [6.07, 6.45) is 2.38. The summed E-state index contributed by atoms with van der Waals surface area (Å²) in [6.45, 7) is 5.42. The molecular formula is C15H21FN2O. The van der Waals surface area contributed by atoms with E-state index < -0.39 is 0 Å². The Labute approximate surface area is 113 Å². The van der Waals surface area contributed by atoms with Gasteiger partial charge in [0.05, 0.1) is 13.2 Å². The van der Waals surface area contributed by atoms with Crippen LogP contribution in [-0.4, -0.2) is 39.4 Å². The van der Waals surface area contributed by atoms with Gasteiger partial charge in [0.1, 0.15) is 5.82 Å². The van der Waals surface area contributed by atoms with Crippen LogP contribution in [-0.2, 0) is 4.74 Å². The fourth-order valence-electron chi connectivity index (χ4n) is 3.17. The van der Waals surface area contributed by atoms with E-state index in [2.05, 4.69) is 10.2 Å². The van der Waals surface area contributed by atoms with Crippen molar-refractivity contribution in [1.29, 1.82) is 0 Å². The highest BCUT2D eigenvalue weighted by Crippen LogP contribution is 2.31. The third-order valence-corrected chi connectivity index (χ3v) is 4.17. The van der Waals surface area contributed by atoms with E-state index in [1.54, 1.807) is 12.1 Å². The molecule has 0 bridgehead atoms. The number of rotatable bonds is 1. The molecule has 2 saturated heterocycles. The monoisotopic (exact) mass is 264 g/mol. The minimum absolute atomic E-state index is 0.168. The second-order valence-corrected chi connectivity index (χ2v) is 5.73. The third-order valence-electron chi connectivity index (χ3n) is 4.17. The van der Waals surface area contributed by atoms with Crippen LogP contribution in [0.4, 0.5) is 10.1 Å². The largest absolute Gasteiger partial charge is 0.379 e. The molecule has 0 saturated carbocycles. The van der Waals surface area contributed by atoms with Gasteiger partial charge >= 0.3 is 0 Å². The first-order valence-electron chi connectivity index (χ1n) is 7.07. The van der Waals surface area contributed by atoms with Crippen molar-refractivity contribution in [3.05, 3.63) is 30.1 Å². The molecule has 3 rings (SSSR count). The van der Waals surface area contributed by atoms with Crippen molar-refractivity contribution in [2.24, 2.45) is 5.41 Å². The summed E-state index contributed by atoms with van der Waals surface area (Å²) in [7, 11) is 0. The smallest absolute Gasteiger partial charge is 0.125 e. The number of hydrogen-bond donors (Lipinski definition) is 1. The summed E-state index contributed by atoms with van der Waals surface area (Å²) in [5.41, 5.74) is 1.15. The van der Waals surface area contributed by atoms with Crippen molar-refractivity contribution >= 4 is 5.69 Å². The number of ether oxygens (including phenoxy) is 1. The lowest BCUT2D eigenvalue weighted by Gasteiger charge is -2.39. The summed E-state index contributed by atoms with van der Waals surface area (Å²) in [5.74, 6) is -0.168. The van der Waals surface area contributed by atoms with Gasteiger partial charge in [-0.05, 0) is 37.6 Å². The molecule has 0 radical (unpaired) electrons. The van der Waals surface area contributed by atoms with E-state index in [4.69, 9.17) is 4.74 Å². The van der Waals surface area contributed by atoms with Gasteiger partial charge in [-0.15, -0.1) is 0 Å². The number of halogens is 1. The van der Waals surface area contributed by atoms with Gasteiger partial charge in [0.15, 0.2) is 0 Å². The van der Waals surface area contributed by atoms with E-state index in [0.29, 0.717) is 0 Å². The number of anilines is 1. The van der Waals surface area contributed by atoms with Gasteiger partial charge in [0.2, 0.25) is 0 Å². The van der Waals surface area contributed by atoms with E-state index >= 15 is 0 Å². The average Bonchev–Trinajstić information content (AvgIpc) is 2.63. The summed E-state index contributed by atoms with van der Waals surface area (Å²) in [4.78, 5) is 2.27. The Kier molecular flexibility index (Phi) is 3.71. The van der Waals surface area contributed by atoms with Crippen molar-refractivity contribution in [2.75, 3.05) is 44.3 Å². The second-order valence-electron chi connectivity index (χ2n) is 5.73. The fourth-order valence-corrected chi connectivity index (χ4v) is 3.17. The van der Waals surface area contributed by atoms with Crippen LogP contribution in [0.1, 0.15) is 12.8 Å². The highest BCUT2D eigenvalue weighted by atomic mass is 19.1. The lowest BCUT2D eigenvalue weighted by molar-refractivity contribution is 0.0536. The van der Waals surface area contributed by atoms with Gasteiger partial charge in [-0.1, -0.05) is 6.07 Å². The van der Waals surface area contributed by atoms with Gasteiger partial charge in [-0.3, -0.25) is 0 Å². The van der Waals surface area contributed by atoms with Crippen LogP contribution in [0.2, 0.25) is 0 Å². The Balaban J connectivity index is 1.81. The zero-order valence-corrected chi connectivity index (χ0v) is 11.2. The average molecular weight is 264 g/mol. The third kappa shape index (κ3) is 2.90. The van der Waals surface area contributed by atoms with Crippen LogP contribution in [0.15, 0.2) is 24.3 Å². The standard InChI is InChI=1S/C15H21FN2O/c16-13-3-1-4-14(9-13)18-7-8-19-12-15(11-18)5-2-6-17-10-15/h1,3-4,9,17H,2,5-8,10-12H2/t15-/m0/s1. The van der Waals surface area contributed by atoms with Crippen LogP contribution in [0.3, 0.4) is 0 Å². The maximum Gasteiger partial charge on any atom is 0.125 e. The van der Waals surface area contributed by atoms with E-state index in [0.717, 1.165) is 45.1 Å². The number of benzene rings is 1. The molecule has 1 aromatic carbocycles. The minimum Gasteiger partial charge on any atom is -0.379 e. The summed E-state index contributed by atoms with van der Waals surface area (Å²) < 4.78 is 19.2. The maximum absolute atomic E-state index is 13.4. The molecule has 2 aliphatic rings. The molecule has 1 atom stereocenters. The molecule has 0 amide bonds. The quantitative estimate of drug-likeness (QED) is 0.840. The molecule has 1 spiro atoms. The molecule has 0 unspecified atom stereocenters. The molecular weight excluding hydrogens is 243 g/mol. The van der Waals surface area contributed by atoms with Crippen molar-refractivity contribution in [2.45, 2.75) is 12.8 Å². The van der Waals surface area contributed by atoms with Crippen LogP contribution in [0.5, 0.6) is 0 Å². The van der Waals surface area contributed by atoms with Crippen molar-refractivity contribution in [3.8, 4) is 0 Å². The Morgan fingerprint density at radius 2 is 2.32 bits per heavy atom. The molecule has 0 aliphatic carbocycles. The fraction of sp³-hybridized carbons (Fsp3) is 0.600. The van der Waals surface area contributed by atoms with E-state index in [1.165, 1.54) is 18.9 Å². The highest BCUT2D eigenvalue weighted by Gasteiger charge is 2.36. The highest BCUT2D eigenvalue weighted by molar-refractivity contribution is 5.47. The second kappa shape index (κ2) is 5.47. The zero-order valence-electron chi connectivity index (χ0n) is 11.2. The van der Waals surface area contributed by atoms with Crippen LogP contribution >= 0.6 is 0 Å². The molecule has 1 N–H and O–H groups in total. The predicted octanol–water partition coefficient (Wildman–Crippen LogP) is 2.03. The maximum atomic E-state index is 13.4. The number of piperidine rings is 1. The minimum atomic E-state index is -0.168. The Morgan fingerprint density at radius 3 is 3.11 bits per heavy atom. The molecule has 2 fully saturated rings. The van der Waals surface area contributed by atoms with Crippen LogP contribution < -0.4 is 10.2 Å². The van der Waals surface area contributed by atoms with Gasteiger partial charge in [0.25, 0.3) is 0 Å². The summed E-state index contributed by atoms with van der Waals surface area (Å²) >= 11 is 0. The number of nitrogens with zero attached hydrogens (tertiary/aromatic N) is 1. The van der Waals surface area contributed by atoms with Gasteiger partial charge in [-0.2, -0.15) is 0 Å². The lowest BCUT2D eigenvalue weighted by atomic mass is 9.81. The lowest BCUT2D eigenvalue weighted by Crippen LogP contribution is -2.48. The van der Waals surface area contributed by atoms with Crippen molar-refractivity contribution < 1.29 is 9.13 Å². The normalized spacial score (nSPS) is 28.4. The topological polar surface area (TPSA) is 24.5 Å². The van der Waals surface area contributed by atoms with Crippen LogP contribution in [0, 0.1) is 11.2 Å². The first kappa shape index (κ1) is 12.9. The summed E-state index contributed by atoms with van der Waals surface area (Å²) in [6, 6.07) is 6.88. The Morgan fingerprint density at radius 1 is 1.37 bits per heavy atom. The molecule has 19 heavy (non-hydrogen) atoms. The predicted molar refractivity (Wildman–Crippen MR) is 74.0 cm³/mol. The van der Waals surface area contributed by atoms with Crippen molar-refractivity contribution in [1.82, 2.24) is 5.32 Å². The zero-order chi connectivity index (χ0) is 13.1. The first-order valence-corrected chi connectivity index (χ1v) is 7.07. The molecule has 4 heteroatoms. The number of nitrogens with one attached hydrogen (secondary N) is 1. The van der Waals surface area contributed by atoms with Gasteiger partial charge < -0.3 is 15.0 Å². The first-order chi connectivity index (χ1) is 9.27.